The van der Waals surface area contributed by atoms with Crippen molar-refractivity contribution in [3.63, 3.8) is 0 Å². The highest BCUT2D eigenvalue weighted by Crippen LogP contribution is 2.58. The third-order valence-electron chi connectivity index (χ3n) is 1.87. The van der Waals surface area contributed by atoms with E-state index < -0.39 is 46.7 Å². The van der Waals surface area contributed by atoms with E-state index in [1.807, 2.05) is 0 Å². The van der Waals surface area contributed by atoms with Crippen LogP contribution >= 0.6 is 15.6 Å². The Labute approximate surface area is 112 Å². The second-order valence-electron chi connectivity index (χ2n) is 3.48. The highest BCUT2D eigenvalue weighted by atomic mass is 31.3. The lowest BCUT2D eigenvalue weighted by molar-refractivity contribution is -0.134. The molecule has 0 spiro atoms. The quantitative estimate of drug-likeness (QED) is 0.164. The predicted molar refractivity (Wildman–Crippen MR) is 59.0 cm³/mol. The summed E-state index contributed by atoms with van der Waals surface area (Å²) in [5.41, 5.74) is 0. The molecule has 0 aromatic heterocycles. The molecule has 0 rings (SSSR count). The molecule has 120 valence electrons. The first-order valence-electron chi connectivity index (χ1n) is 4.82. The van der Waals surface area contributed by atoms with Gasteiger partial charge in [-0.3, -0.25) is 4.52 Å². The summed E-state index contributed by atoms with van der Waals surface area (Å²) in [5, 5.41) is 36.2. The van der Waals surface area contributed by atoms with Gasteiger partial charge in [-0.15, -0.1) is 0 Å². The Kier molecular flexibility index (Phi) is 7.60. The Morgan fingerprint density at radius 3 is 1.90 bits per heavy atom. The normalized spacial score (nSPS) is 21.6. The molecule has 0 fully saturated rings. The summed E-state index contributed by atoms with van der Waals surface area (Å²) in [6, 6.07) is 0. The Hall–Kier alpha value is -0.230. The van der Waals surface area contributed by atoms with Crippen molar-refractivity contribution < 1.29 is 57.9 Å². The van der Waals surface area contributed by atoms with E-state index in [2.05, 4.69) is 8.83 Å². The average molecular weight is 340 g/mol. The molecule has 5 atom stereocenters. The number of aliphatic hydroxyl groups is 4. The van der Waals surface area contributed by atoms with Crippen LogP contribution in [0.5, 0.6) is 0 Å². The molecule has 20 heavy (non-hydrogen) atoms. The molecule has 0 saturated carbocycles. The molecule has 0 radical (unpaired) electrons. The number of aldehydes is 1. The number of phosphoric ester groups is 1. The van der Waals surface area contributed by atoms with E-state index in [1.165, 1.54) is 0 Å². The van der Waals surface area contributed by atoms with E-state index in [0.29, 0.717) is 0 Å². The van der Waals surface area contributed by atoms with Crippen molar-refractivity contribution in [1.29, 1.82) is 0 Å². The summed E-state index contributed by atoms with van der Waals surface area (Å²) in [6.45, 7) is -1.00. The van der Waals surface area contributed by atoms with Crippen molar-refractivity contribution in [2.75, 3.05) is 6.61 Å². The monoisotopic (exact) mass is 340 g/mol. The summed E-state index contributed by atoms with van der Waals surface area (Å²) >= 11 is 0. The third-order valence-corrected chi connectivity index (χ3v) is 4.05. The van der Waals surface area contributed by atoms with E-state index in [1.54, 1.807) is 0 Å². The molecule has 0 aromatic carbocycles. The Balaban J connectivity index is 4.90. The fraction of sp³-hybridized carbons (Fsp3) is 0.833. The second-order valence-corrected chi connectivity index (χ2v) is 6.26. The summed E-state index contributed by atoms with van der Waals surface area (Å²) in [5.74, 6) is 0. The first-order chi connectivity index (χ1) is 8.93. The molecular weight excluding hydrogens is 326 g/mol. The Morgan fingerprint density at radius 1 is 1.05 bits per heavy atom. The highest BCUT2D eigenvalue weighted by Gasteiger charge is 2.40. The van der Waals surface area contributed by atoms with Crippen LogP contribution in [0, 0.1) is 0 Å². The fourth-order valence-electron chi connectivity index (χ4n) is 1.01. The molecule has 0 aliphatic heterocycles. The van der Waals surface area contributed by atoms with Crippen LogP contribution < -0.4 is 0 Å². The molecule has 0 saturated heterocycles. The molecule has 0 amide bonds. The topological polar surface area (TPSA) is 211 Å². The number of rotatable bonds is 9. The molecular formula is C6H14O12P2. The molecule has 0 aromatic rings. The lowest BCUT2D eigenvalue weighted by atomic mass is 10.0. The summed E-state index contributed by atoms with van der Waals surface area (Å²) < 4.78 is 28.8. The van der Waals surface area contributed by atoms with Crippen molar-refractivity contribution in [1.82, 2.24) is 0 Å². The third kappa shape index (κ3) is 6.97. The molecule has 7 N–H and O–H groups in total. The molecule has 0 aliphatic carbocycles. The minimum atomic E-state index is -5.43. The Bertz CT molecular complexity index is 405. The van der Waals surface area contributed by atoms with Gasteiger partial charge in [0.2, 0.25) is 0 Å². The van der Waals surface area contributed by atoms with Crippen LogP contribution in [0.25, 0.3) is 0 Å². The minimum Gasteiger partial charge on any atom is -0.394 e. The minimum absolute atomic E-state index is 0.274. The zero-order chi connectivity index (χ0) is 16.1. The van der Waals surface area contributed by atoms with Gasteiger partial charge >= 0.3 is 15.6 Å². The number of phosphoric acid groups is 2. The fourth-order valence-corrected chi connectivity index (χ4v) is 2.72. The van der Waals surface area contributed by atoms with Crippen LogP contribution in [0.2, 0.25) is 0 Å². The van der Waals surface area contributed by atoms with Crippen LogP contribution in [-0.2, 0) is 22.8 Å². The van der Waals surface area contributed by atoms with Gasteiger partial charge in [-0.05, 0) is 0 Å². The first kappa shape index (κ1) is 19.8. The van der Waals surface area contributed by atoms with Crippen molar-refractivity contribution in [3.05, 3.63) is 0 Å². The number of hydrogen-bond acceptors (Lipinski definition) is 9. The highest BCUT2D eigenvalue weighted by molar-refractivity contribution is 7.60. The van der Waals surface area contributed by atoms with Crippen LogP contribution in [0.4, 0.5) is 0 Å². The van der Waals surface area contributed by atoms with Gasteiger partial charge in [-0.1, -0.05) is 0 Å². The summed E-state index contributed by atoms with van der Waals surface area (Å²) in [4.78, 5) is 36.1. The molecule has 0 bridgehead atoms. The summed E-state index contributed by atoms with van der Waals surface area (Å²) in [7, 11) is -10.8. The molecule has 1 unspecified atom stereocenters. The van der Waals surface area contributed by atoms with E-state index in [0.717, 1.165) is 0 Å². The van der Waals surface area contributed by atoms with Crippen LogP contribution in [0.3, 0.4) is 0 Å². The van der Waals surface area contributed by atoms with Crippen molar-refractivity contribution >= 4 is 21.9 Å². The van der Waals surface area contributed by atoms with Gasteiger partial charge in [-0.25, -0.2) is 9.13 Å². The van der Waals surface area contributed by atoms with Gasteiger partial charge in [0.05, 0.1) is 6.61 Å². The van der Waals surface area contributed by atoms with E-state index in [-0.39, 0.29) is 6.29 Å². The molecule has 14 heteroatoms. The number of hydrogen-bond donors (Lipinski definition) is 7. The van der Waals surface area contributed by atoms with E-state index in [4.69, 9.17) is 24.9 Å². The first-order valence-corrected chi connectivity index (χ1v) is 7.84. The molecule has 0 heterocycles. The molecule has 0 aliphatic rings. The van der Waals surface area contributed by atoms with Crippen LogP contribution in [0.15, 0.2) is 0 Å². The predicted octanol–water partition coefficient (Wildman–Crippen LogP) is -3.14. The SMILES string of the molecule is O=C[C@H](OP(=O)(O)OP(=O)(O)O)[C@@H](O)[C@@H](O)[C@H](O)CO. The van der Waals surface area contributed by atoms with Gasteiger partial charge in [0.25, 0.3) is 0 Å². The van der Waals surface area contributed by atoms with E-state index in [9.17, 15) is 24.1 Å². The lowest BCUT2D eigenvalue weighted by Crippen LogP contribution is -2.47. The Morgan fingerprint density at radius 2 is 1.55 bits per heavy atom. The van der Waals surface area contributed by atoms with Crippen LogP contribution in [0.1, 0.15) is 0 Å². The van der Waals surface area contributed by atoms with Gasteiger partial charge in [0, 0.05) is 0 Å². The van der Waals surface area contributed by atoms with Crippen LogP contribution in [-0.4, -0.2) is 72.4 Å². The van der Waals surface area contributed by atoms with Gasteiger partial charge < -0.3 is 39.9 Å². The van der Waals surface area contributed by atoms with Crippen molar-refractivity contribution in [2.24, 2.45) is 0 Å². The zero-order valence-electron chi connectivity index (χ0n) is 9.66. The number of carbonyl (C=O) groups is 1. The summed E-state index contributed by atoms with van der Waals surface area (Å²) in [6.07, 6.45) is -8.82. The van der Waals surface area contributed by atoms with E-state index >= 15 is 0 Å². The molecule has 12 nitrogen and oxygen atoms in total. The zero-order valence-corrected chi connectivity index (χ0v) is 11.4. The maximum Gasteiger partial charge on any atom is 0.481 e. The van der Waals surface area contributed by atoms with Crippen molar-refractivity contribution in [3.8, 4) is 0 Å². The average Bonchev–Trinajstić information content (AvgIpc) is 2.30. The lowest BCUT2D eigenvalue weighted by Gasteiger charge is -2.26. The number of aliphatic hydroxyl groups excluding tert-OH is 4. The number of carbonyl (C=O) groups excluding carboxylic acids is 1. The standard InChI is InChI=1S/C6H14O12P2/c7-1-3(9)5(10)6(11)4(2-8)17-20(15,16)18-19(12,13)14/h2-7,9-11H,1H2,(H,15,16)(H2,12,13,14)/t3-,4+,5+,6-/m1/s1. The van der Waals surface area contributed by atoms with Crippen molar-refractivity contribution in [2.45, 2.75) is 24.4 Å². The maximum absolute atomic E-state index is 11.1. The maximum atomic E-state index is 11.1. The van der Waals surface area contributed by atoms with Gasteiger partial charge in [0.15, 0.2) is 12.4 Å². The second kappa shape index (κ2) is 7.69. The largest absolute Gasteiger partial charge is 0.481 e. The van der Waals surface area contributed by atoms with Gasteiger partial charge in [-0.2, -0.15) is 4.31 Å². The van der Waals surface area contributed by atoms with Gasteiger partial charge in [0.1, 0.15) is 18.3 Å². The smallest absolute Gasteiger partial charge is 0.394 e.